The smallest absolute Gasteiger partial charge is 0.123 e. The predicted octanol–water partition coefficient (Wildman–Crippen LogP) is 1.37. The molecular weight excluding hydrogens is 219 g/mol. The first-order valence-electron chi connectivity index (χ1n) is 5.99. The molecular formula is C13H19FN2O. The average molecular weight is 238 g/mol. The summed E-state index contributed by atoms with van der Waals surface area (Å²) in [6.45, 7) is 5.01. The Morgan fingerprint density at radius 2 is 2.29 bits per heavy atom. The number of nitrogens with two attached hydrogens (primary N) is 1. The maximum absolute atomic E-state index is 13.1. The quantitative estimate of drug-likeness (QED) is 0.864. The molecule has 17 heavy (non-hydrogen) atoms. The zero-order valence-electron chi connectivity index (χ0n) is 10.1. The molecule has 2 N–H and O–H groups in total. The van der Waals surface area contributed by atoms with Gasteiger partial charge in [-0.3, -0.25) is 4.90 Å². The minimum absolute atomic E-state index is 0.0901. The van der Waals surface area contributed by atoms with Crippen LogP contribution in [-0.2, 0) is 11.3 Å². The lowest BCUT2D eigenvalue weighted by Crippen LogP contribution is -2.48. The van der Waals surface area contributed by atoms with Crippen LogP contribution >= 0.6 is 0 Å². The van der Waals surface area contributed by atoms with Crippen molar-refractivity contribution in [3.63, 3.8) is 0 Å². The molecule has 1 heterocycles. The third-order valence-electron chi connectivity index (χ3n) is 2.96. The van der Waals surface area contributed by atoms with Gasteiger partial charge < -0.3 is 10.5 Å². The number of rotatable bonds is 3. The van der Waals surface area contributed by atoms with Gasteiger partial charge in [0.1, 0.15) is 5.82 Å². The Balaban J connectivity index is 1.98. The molecule has 0 radical (unpaired) electrons. The molecule has 2 rings (SSSR count). The standard InChI is InChI=1S/C13H19FN2O/c1-10-7-16(9-13(6-15)17-10)8-11-3-2-4-12(14)5-11/h2-5,10,13H,6-9,15H2,1H3. The van der Waals surface area contributed by atoms with Crippen LogP contribution in [0.1, 0.15) is 12.5 Å². The second-order valence-corrected chi connectivity index (χ2v) is 4.63. The van der Waals surface area contributed by atoms with Crippen molar-refractivity contribution in [3.8, 4) is 0 Å². The molecule has 0 saturated carbocycles. The van der Waals surface area contributed by atoms with Gasteiger partial charge in [0, 0.05) is 26.2 Å². The molecule has 2 unspecified atom stereocenters. The van der Waals surface area contributed by atoms with E-state index in [9.17, 15) is 4.39 Å². The molecule has 0 aliphatic carbocycles. The minimum atomic E-state index is -0.181. The van der Waals surface area contributed by atoms with E-state index >= 15 is 0 Å². The first-order valence-corrected chi connectivity index (χ1v) is 5.99. The van der Waals surface area contributed by atoms with Crippen molar-refractivity contribution in [3.05, 3.63) is 35.6 Å². The topological polar surface area (TPSA) is 38.5 Å². The second-order valence-electron chi connectivity index (χ2n) is 4.63. The van der Waals surface area contributed by atoms with Crippen LogP contribution < -0.4 is 5.73 Å². The largest absolute Gasteiger partial charge is 0.371 e. The summed E-state index contributed by atoms with van der Waals surface area (Å²) in [7, 11) is 0. The molecule has 4 heteroatoms. The third kappa shape index (κ3) is 3.49. The third-order valence-corrected chi connectivity index (χ3v) is 2.96. The minimum Gasteiger partial charge on any atom is -0.371 e. The van der Waals surface area contributed by atoms with Crippen molar-refractivity contribution in [2.24, 2.45) is 5.73 Å². The molecule has 1 fully saturated rings. The molecule has 3 nitrogen and oxygen atoms in total. The lowest BCUT2D eigenvalue weighted by molar-refractivity contribution is -0.0745. The normalized spacial score (nSPS) is 26.1. The Bertz CT molecular complexity index is 372. The Labute approximate surface area is 101 Å². The van der Waals surface area contributed by atoms with E-state index in [1.165, 1.54) is 6.07 Å². The van der Waals surface area contributed by atoms with Crippen LogP contribution in [0.15, 0.2) is 24.3 Å². The number of benzene rings is 1. The summed E-state index contributed by atoms with van der Waals surface area (Å²) in [6.07, 6.45) is 0.276. The van der Waals surface area contributed by atoms with E-state index in [4.69, 9.17) is 10.5 Å². The zero-order valence-corrected chi connectivity index (χ0v) is 10.1. The zero-order chi connectivity index (χ0) is 12.3. The van der Waals surface area contributed by atoms with Crippen LogP contribution in [0.5, 0.6) is 0 Å². The summed E-state index contributed by atoms with van der Waals surface area (Å²) < 4.78 is 18.8. The number of morpholine rings is 1. The highest BCUT2D eigenvalue weighted by Gasteiger charge is 2.24. The fourth-order valence-corrected chi connectivity index (χ4v) is 2.29. The van der Waals surface area contributed by atoms with Crippen molar-refractivity contribution < 1.29 is 9.13 Å². The molecule has 1 aliphatic heterocycles. The number of hydrogen-bond acceptors (Lipinski definition) is 3. The maximum Gasteiger partial charge on any atom is 0.123 e. The van der Waals surface area contributed by atoms with Crippen LogP contribution in [0, 0.1) is 5.82 Å². The molecule has 0 bridgehead atoms. The van der Waals surface area contributed by atoms with Crippen LogP contribution in [0.25, 0.3) is 0 Å². The molecule has 0 aromatic heterocycles. The maximum atomic E-state index is 13.1. The van der Waals surface area contributed by atoms with E-state index < -0.39 is 0 Å². The molecule has 1 aromatic rings. The molecule has 1 aromatic carbocycles. The Morgan fingerprint density at radius 1 is 1.47 bits per heavy atom. The van der Waals surface area contributed by atoms with Gasteiger partial charge in [0.25, 0.3) is 0 Å². The van der Waals surface area contributed by atoms with Gasteiger partial charge >= 0.3 is 0 Å². The van der Waals surface area contributed by atoms with Crippen molar-refractivity contribution in [1.82, 2.24) is 4.90 Å². The van der Waals surface area contributed by atoms with Gasteiger partial charge in [0.05, 0.1) is 12.2 Å². The van der Waals surface area contributed by atoms with Crippen molar-refractivity contribution >= 4 is 0 Å². The predicted molar refractivity (Wildman–Crippen MR) is 65.1 cm³/mol. The van der Waals surface area contributed by atoms with Crippen LogP contribution in [0.4, 0.5) is 4.39 Å². The highest BCUT2D eigenvalue weighted by Crippen LogP contribution is 2.14. The van der Waals surface area contributed by atoms with E-state index in [-0.39, 0.29) is 18.0 Å². The number of halogens is 1. The van der Waals surface area contributed by atoms with E-state index in [0.717, 1.165) is 25.2 Å². The van der Waals surface area contributed by atoms with Gasteiger partial charge in [0.2, 0.25) is 0 Å². The van der Waals surface area contributed by atoms with E-state index in [0.29, 0.717) is 6.54 Å². The average Bonchev–Trinajstić information content (AvgIpc) is 2.28. The van der Waals surface area contributed by atoms with Gasteiger partial charge in [-0.05, 0) is 24.6 Å². The number of ether oxygens (including phenoxy) is 1. The van der Waals surface area contributed by atoms with Crippen molar-refractivity contribution in [2.75, 3.05) is 19.6 Å². The summed E-state index contributed by atoms with van der Waals surface area (Å²) in [5, 5.41) is 0. The fraction of sp³-hybridized carbons (Fsp3) is 0.538. The summed E-state index contributed by atoms with van der Waals surface area (Å²) in [6, 6.07) is 6.74. The molecule has 1 aliphatic rings. The summed E-state index contributed by atoms with van der Waals surface area (Å²) in [4.78, 5) is 2.26. The van der Waals surface area contributed by atoms with Crippen molar-refractivity contribution in [2.45, 2.75) is 25.7 Å². The Kier molecular flexibility index (Phi) is 4.10. The highest BCUT2D eigenvalue weighted by atomic mass is 19.1. The number of hydrogen-bond donors (Lipinski definition) is 1. The van der Waals surface area contributed by atoms with E-state index in [1.54, 1.807) is 12.1 Å². The monoisotopic (exact) mass is 238 g/mol. The van der Waals surface area contributed by atoms with Crippen LogP contribution in [0.2, 0.25) is 0 Å². The van der Waals surface area contributed by atoms with Gasteiger partial charge in [-0.2, -0.15) is 0 Å². The number of nitrogens with zero attached hydrogens (tertiary/aromatic N) is 1. The Morgan fingerprint density at radius 3 is 3.00 bits per heavy atom. The first kappa shape index (κ1) is 12.5. The summed E-state index contributed by atoms with van der Waals surface area (Å²) in [5.41, 5.74) is 6.63. The van der Waals surface area contributed by atoms with Crippen molar-refractivity contribution in [1.29, 1.82) is 0 Å². The van der Waals surface area contributed by atoms with Crippen LogP contribution in [0.3, 0.4) is 0 Å². The SMILES string of the molecule is CC1CN(Cc2cccc(F)c2)CC(CN)O1. The highest BCUT2D eigenvalue weighted by molar-refractivity contribution is 5.16. The van der Waals surface area contributed by atoms with Gasteiger partial charge in [-0.25, -0.2) is 4.39 Å². The molecule has 0 amide bonds. The molecule has 0 spiro atoms. The first-order chi connectivity index (χ1) is 8.17. The van der Waals surface area contributed by atoms with E-state index in [1.807, 2.05) is 13.0 Å². The summed E-state index contributed by atoms with van der Waals surface area (Å²) >= 11 is 0. The van der Waals surface area contributed by atoms with Gasteiger partial charge in [0.15, 0.2) is 0 Å². The fourth-order valence-electron chi connectivity index (χ4n) is 2.29. The summed E-state index contributed by atoms with van der Waals surface area (Å²) in [5.74, 6) is -0.181. The van der Waals surface area contributed by atoms with E-state index in [2.05, 4.69) is 4.90 Å². The second kappa shape index (κ2) is 5.58. The molecule has 2 atom stereocenters. The lowest BCUT2D eigenvalue weighted by Gasteiger charge is -2.36. The van der Waals surface area contributed by atoms with Crippen LogP contribution in [-0.4, -0.2) is 36.7 Å². The Hall–Kier alpha value is -0.970. The van der Waals surface area contributed by atoms with Gasteiger partial charge in [-0.15, -0.1) is 0 Å². The lowest BCUT2D eigenvalue weighted by atomic mass is 10.1. The van der Waals surface area contributed by atoms with Gasteiger partial charge in [-0.1, -0.05) is 12.1 Å². The molecule has 1 saturated heterocycles. The molecule has 94 valence electrons.